The van der Waals surface area contributed by atoms with Crippen LogP contribution in [0.25, 0.3) is 87.0 Å². The van der Waals surface area contributed by atoms with Crippen molar-refractivity contribution in [1.82, 2.24) is 0 Å². The molecule has 0 aliphatic carbocycles. The number of benzene rings is 9. The molecule has 0 radical (unpaired) electrons. The molecule has 9 heteroatoms. The summed E-state index contributed by atoms with van der Waals surface area (Å²) in [6, 6.07) is 58.0. The van der Waals surface area contributed by atoms with Gasteiger partial charge in [-0.1, -0.05) is 140 Å². The number of hydrogen-bond acceptors (Lipinski definition) is 6. The van der Waals surface area contributed by atoms with Crippen LogP contribution in [0.4, 0.5) is 0 Å². The lowest BCUT2D eigenvalue weighted by atomic mass is 9.99. The van der Waals surface area contributed by atoms with Gasteiger partial charge >= 0.3 is 16.5 Å². The highest BCUT2D eigenvalue weighted by Gasteiger charge is 2.33. The minimum atomic E-state index is -2.84. The van der Waals surface area contributed by atoms with E-state index >= 15 is 0 Å². The van der Waals surface area contributed by atoms with Crippen molar-refractivity contribution in [2.75, 3.05) is 0 Å². The third-order valence-corrected chi connectivity index (χ3v) is 16.6. The van der Waals surface area contributed by atoms with E-state index in [0.717, 1.165) is 81.0 Å². The lowest BCUT2D eigenvalue weighted by molar-refractivity contribution is 0.499. The highest BCUT2D eigenvalue weighted by Crippen LogP contribution is 2.44. The molecule has 2 heterocycles. The van der Waals surface area contributed by atoms with Crippen molar-refractivity contribution >= 4 is 117 Å². The molecule has 0 amide bonds. The predicted octanol–water partition coefficient (Wildman–Crippen LogP) is 14.9. The molecule has 11 rings (SSSR count). The average Bonchev–Trinajstić information content (AvgIpc) is 3.51. The van der Waals surface area contributed by atoms with Gasteiger partial charge in [0.1, 0.15) is 28.1 Å². The molecule has 0 spiro atoms. The van der Waals surface area contributed by atoms with Gasteiger partial charge in [0, 0.05) is 26.7 Å². The third-order valence-electron chi connectivity index (χ3n) is 10.8. The molecular formula is C48H34O6P2Si. The molecule has 0 bridgehead atoms. The van der Waals surface area contributed by atoms with Gasteiger partial charge in [0.2, 0.25) is 8.32 Å². The fourth-order valence-electron chi connectivity index (χ4n) is 8.13. The Kier molecular flexibility index (Phi) is 8.06. The van der Waals surface area contributed by atoms with Gasteiger partial charge in [-0.25, -0.2) is 0 Å². The molecule has 0 aliphatic rings. The Morgan fingerprint density at radius 3 is 1.11 bits per heavy atom. The smallest absolute Gasteiger partial charge is 0.399 e. The topological polar surface area (TPSA) is 71.0 Å². The molecule has 2 aromatic heterocycles. The van der Waals surface area contributed by atoms with Crippen LogP contribution in [0, 0.1) is 0 Å². The Labute approximate surface area is 329 Å². The minimum Gasteiger partial charge on any atom is -0.399 e. The van der Waals surface area contributed by atoms with E-state index in [1.807, 2.05) is 42.5 Å². The molecule has 0 N–H and O–H groups in total. The van der Waals surface area contributed by atoms with E-state index in [0.29, 0.717) is 16.9 Å². The van der Waals surface area contributed by atoms with Crippen LogP contribution in [0.3, 0.4) is 0 Å². The van der Waals surface area contributed by atoms with Crippen LogP contribution in [0.1, 0.15) is 0 Å². The van der Waals surface area contributed by atoms with Crippen LogP contribution in [-0.2, 0) is 0 Å². The molecule has 0 fully saturated rings. The third kappa shape index (κ3) is 5.82. The lowest BCUT2D eigenvalue weighted by Gasteiger charge is -2.22. The van der Waals surface area contributed by atoms with Crippen molar-refractivity contribution < 1.29 is 25.5 Å². The summed E-state index contributed by atoms with van der Waals surface area (Å²) >= 11 is 0. The standard InChI is InChI=1S/C48H34O6P2Si/c1-57(2,54-56-52-42-29-25-33-15-5-9-19-37(33)47(42)48-38-20-10-6-16-34(38)26-30-43(48)53-56)44-22-12-11-21-39(44)49-55-50-40-27-23-31-13-3-7-17-35(31)45(40)46-36-18-8-4-14-32(36)24-28-41(46)51-55/h3-30H,1-2H3. The van der Waals surface area contributed by atoms with Crippen LogP contribution in [0.15, 0.2) is 187 Å². The summed E-state index contributed by atoms with van der Waals surface area (Å²) < 4.78 is 40.9. The monoisotopic (exact) mass is 796 g/mol. The molecule has 0 atom stereocenters. The van der Waals surface area contributed by atoms with Crippen LogP contribution in [-0.4, -0.2) is 8.32 Å². The highest BCUT2D eigenvalue weighted by molar-refractivity contribution is 7.35. The van der Waals surface area contributed by atoms with Crippen LogP contribution in [0.5, 0.6) is 5.75 Å². The second kappa shape index (κ2) is 13.5. The summed E-state index contributed by atoms with van der Waals surface area (Å²) in [6.07, 6.45) is 0. The van der Waals surface area contributed by atoms with E-state index in [-0.39, 0.29) is 0 Å². The van der Waals surface area contributed by atoms with E-state index in [4.69, 9.17) is 25.5 Å². The van der Waals surface area contributed by atoms with Crippen LogP contribution >= 0.6 is 16.5 Å². The normalized spacial score (nSPS) is 12.1. The molecule has 0 unspecified atom stereocenters. The fraction of sp³-hybridized carbons (Fsp3) is 0.0417. The Balaban J connectivity index is 1.07. The molecule has 57 heavy (non-hydrogen) atoms. The molecular weight excluding hydrogens is 763 g/mol. The molecule has 276 valence electrons. The second-order valence-corrected chi connectivity index (χ2v) is 20.7. The Morgan fingerprint density at radius 2 is 0.702 bits per heavy atom. The van der Waals surface area contributed by atoms with Gasteiger partial charge in [-0.05, 0) is 86.5 Å². The summed E-state index contributed by atoms with van der Waals surface area (Å²) in [7, 11) is -6.67. The molecule has 0 saturated heterocycles. The van der Waals surface area contributed by atoms with E-state index < -0.39 is 24.8 Å². The summed E-state index contributed by atoms with van der Waals surface area (Å²) in [6.45, 7) is 4.28. The van der Waals surface area contributed by atoms with E-state index in [1.165, 1.54) is 0 Å². The van der Waals surface area contributed by atoms with Crippen molar-refractivity contribution in [2.24, 2.45) is 0 Å². The molecule has 11 aromatic rings. The van der Waals surface area contributed by atoms with Crippen LogP contribution < -0.4 is 13.9 Å². The van der Waals surface area contributed by atoms with Crippen molar-refractivity contribution in [1.29, 1.82) is 0 Å². The first-order valence-corrected chi connectivity index (χ1v) is 23.9. The first-order valence-electron chi connectivity index (χ1n) is 18.8. The highest BCUT2D eigenvalue weighted by atomic mass is 31.1. The largest absolute Gasteiger partial charge is 0.453 e. The maximum absolute atomic E-state index is 7.05. The van der Waals surface area contributed by atoms with Gasteiger partial charge in [-0.15, -0.1) is 0 Å². The first kappa shape index (κ1) is 34.1. The number of para-hydroxylation sites is 1. The zero-order valence-electron chi connectivity index (χ0n) is 31.0. The van der Waals surface area contributed by atoms with E-state index in [1.54, 1.807) is 0 Å². The van der Waals surface area contributed by atoms with E-state index in [2.05, 4.69) is 140 Å². The average molecular weight is 797 g/mol. The van der Waals surface area contributed by atoms with E-state index in [9.17, 15) is 0 Å². The fourth-order valence-corrected chi connectivity index (χ4v) is 13.3. The number of hydrogen-bond donors (Lipinski definition) is 0. The second-order valence-electron chi connectivity index (χ2n) is 14.6. The van der Waals surface area contributed by atoms with Gasteiger partial charge in [0.05, 0.1) is 0 Å². The van der Waals surface area contributed by atoms with Gasteiger partial charge < -0.3 is 25.5 Å². The van der Waals surface area contributed by atoms with Crippen LogP contribution in [0.2, 0.25) is 13.1 Å². The van der Waals surface area contributed by atoms with Gasteiger partial charge in [-0.2, -0.15) is 0 Å². The van der Waals surface area contributed by atoms with Gasteiger partial charge in [0.15, 0.2) is 0 Å². The molecule has 0 aliphatic heterocycles. The maximum Gasteiger partial charge on any atom is 0.453 e. The van der Waals surface area contributed by atoms with Gasteiger partial charge in [-0.3, -0.25) is 0 Å². The minimum absolute atomic E-state index is 0.634. The Morgan fingerprint density at radius 1 is 0.368 bits per heavy atom. The van der Waals surface area contributed by atoms with Crippen molar-refractivity contribution in [3.63, 3.8) is 0 Å². The maximum atomic E-state index is 7.05. The molecule has 9 aromatic carbocycles. The number of fused-ring (bicyclic) bond motifs is 14. The SMILES string of the molecule is C[Si](C)(Op1oc2ccc3ccccc3c2c2c(ccc3ccccc32)o1)c1ccccc1Op1oc2ccc3ccccc3c2c2c(ccc3ccccc32)o1. The lowest BCUT2D eigenvalue weighted by Crippen LogP contribution is -2.47. The first-order chi connectivity index (χ1) is 28.0. The zero-order chi connectivity index (χ0) is 38.1. The number of rotatable bonds is 5. The molecule has 6 nitrogen and oxygen atoms in total. The van der Waals surface area contributed by atoms with Gasteiger partial charge in [0.25, 0.3) is 0 Å². The summed E-state index contributed by atoms with van der Waals surface area (Å²) in [5.74, 6) is 0.634. The van der Waals surface area contributed by atoms with Crippen molar-refractivity contribution in [2.45, 2.75) is 13.1 Å². The predicted molar refractivity (Wildman–Crippen MR) is 239 cm³/mol. The Hall–Kier alpha value is -6.20. The molecule has 0 saturated carbocycles. The summed E-state index contributed by atoms with van der Waals surface area (Å²) in [5.41, 5.74) is 2.87. The Bertz CT molecular complexity index is 3290. The zero-order valence-corrected chi connectivity index (χ0v) is 33.8. The quantitative estimate of drug-likeness (QED) is 0.162. The van der Waals surface area contributed by atoms with Crippen molar-refractivity contribution in [3.8, 4) is 5.75 Å². The summed E-state index contributed by atoms with van der Waals surface area (Å²) in [5, 5.41) is 13.8. The van der Waals surface area contributed by atoms with Crippen molar-refractivity contribution in [3.05, 3.63) is 170 Å². The summed E-state index contributed by atoms with van der Waals surface area (Å²) in [4.78, 5) is 0.